The summed E-state index contributed by atoms with van der Waals surface area (Å²) in [7, 11) is 0. The fourth-order valence-electron chi connectivity index (χ4n) is 3.52. The van der Waals surface area contributed by atoms with E-state index < -0.39 is 5.97 Å². The molecule has 1 amide bonds. The van der Waals surface area contributed by atoms with Gasteiger partial charge in [0.15, 0.2) is 0 Å². The lowest BCUT2D eigenvalue weighted by Gasteiger charge is -2.32. The average molecular weight is 355 g/mol. The van der Waals surface area contributed by atoms with E-state index in [4.69, 9.17) is 0 Å². The zero-order valence-corrected chi connectivity index (χ0v) is 14.5. The number of carboxylic acids is 1. The van der Waals surface area contributed by atoms with Crippen molar-refractivity contribution in [1.29, 1.82) is 0 Å². The summed E-state index contributed by atoms with van der Waals surface area (Å²) in [6, 6.07) is 13.4. The third-order valence-electron chi connectivity index (χ3n) is 5.02. The highest BCUT2D eigenvalue weighted by Crippen LogP contribution is 2.23. The van der Waals surface area contributed by atoms with Crippen molar-refractivity contribution in [2.75, 3.05) is 13.1 Å². The third-order valence-corrected chi connectivity index (χ3v) is 5.02. The van der Waals surface area contributed by atoms with Gasteiger partial charge >= 0.3 is 5.97 Å². The van der Waals surface area contributed by atoms with Crippen LogP contribution in [-0.4, -0.2) is 35.0 Å². The molecule has 0 saturated carbocycles. The Balaban J connectivity index is 1.56. The summed E-state index contributed by atoms with van der Waals surface area (Å²) in [5, 5.41) is 9.23. The van der Waals surface area contributed by atoms with Gasteiger partial charge in [0, 0.05) is 13.1 Å². The van der Waals surface area contributed by atoms with Gasteiger partial charge in [-0.3, -0.25) is 4.79 Å². The number of carbonyl (C=O) groups is 2. The fourth-order valence-corrected chi connectivity index (χ4v) is 3.52. The molecular weight excluding hydrogens is 333 g/mol. The smallest absolute Gasteiger partial charge is 0.335 e. The fraction of sp³-hybridized carbons (Fsp3) is 0.333. The molecule has 136 valence electrons. The van der Waals surface area contributed by atoms with Crippen LogP contribution in [0.3, 0.4) is 0 Å². The van der Waals surface area contributed by atoms with Crippen LogP contribution < -0.4 is 0 Å². The van der Waals surface area contributed by atoms with Crippen LogP contribution in [0.5, 0.6) is 0 Å². The Morgan fingerprint density at radius 1 is 1.00 bits per heavy atom. The molecule has 1 fully saturated rings. The Bertz CT molecular complexity index is 797. The molecule has 1 aliphatic heterocycles. The summed E-state index contributed by atoms with van der Waals surface area (Å²) in [6.45, 7) is 1.26. The van der Waals surface area contributed by atoms with Crippen LogP contribution in [0.2, 0.25) is 0 Å². The van der Waals surface area contributed by atoms with Gasteiger partial charge in [0.1, 0.15) is 5.82 Å². The minimum Gasteiger partial charge on any atom is -0.478 e. The number of piperidine rings is 1. The molecule has 0 bridgehead atoms. The van der Waals surface area contributed by atoms with Crippen molar-refractivity contribution < 1.29 is 19.1 Å². The van der Waals surface area contributed by atoms with Gasteiger partial charge in [0.25, 0.3) is 0 Å². The molecule has 1 N–H and O–H groups in total. The van der Waals surface area contributed by atoms with E-state index in [9.17, 15) is 19.1 Å². The molecule has 4 nitrogen and oxygen atoms in total. The number of likely N-dealkylation sites (tertiary alicyclic amines) is 1. The molecule has 2 aromatic carbocycles. The maximum absolute atomic E-state index is 13.8. The molecule has 1 saturated heterocycles. The SMILES string of the molecule is O=C(O)c1ccccc1CC(=O)N1CCC(Cc2ccccc2F)CC1. The molecule has 5 heteroatoms. The van der Waals surface area contributed by atoms with Gasteiger partial charge in [-0.15, -0.1) is 0 Å². The molecular formula is C21H22FNO3. The number of halogens is 1. The van der Waals surface area contributed by atoms with Crippen LogP contribution in [0.15, 0.2) is 48.5 Å². The van der Waals surface area contributed by atoms with Crippen LogP contribution in [0, 0.1) is 11.7 Å². The second-order valence-electron chi connectivity index (χ2n) is 6.76. The second-order valence-corrected chi connectivity index (χ2v) is 6.76. The maximum atomic E-state index is 13.8. The van der Waals surface area contributed by atoms with E-state index in [1.165, 1.54) is 12.1 Å². The number of carboxylic acid groups (broad SMARTS) is 1. The number of nitrogens with zero attached hydrogens (tertiary/aromatic N) is 1. The summed E-state index contributed by atoms with van der Waals surface area (Å²) in [5.41, 5.74) is 1.45. The van der Waals surface area contributed by atoms with Gasteiger partial charge in [0.2, 0.25) is 5.91 Å². The molecule has 0 atom stereocenters. The van der Waals surface area contributed by atoms with Crippen LogP contribution in [0.4, 0.5) is 4.39 Å². The Morgan fingerprint density at radius 3 is 2.27 bits per heavy atom. The highest BCUT2D eigenvalue weighted by molar-refractivity contribution is 5.91. The minimum absolute atomic E-state index is 0.0527. The minimum atomic E-state index is -1.02. The molecule has 0 spiro atoms. The zero-order chi connectivity index (χ0) is 18.5. The van der Waals surface area contributed by atoms with E-state index in [1.54, 1.807) is 29.2 Å². The Morgan fingerprint density at radius 2 is 1.62 bits per heavy atom. The quantitative estimate of drug-likeness (QED) is 0.892. The Kier molecular flexibility index (Phi) is 5.66. The van der Waals surface area contributed by atoms with Crippen LogP contribution in [0.25, 0.3) is 0 Å². The normalized spacial score (nSPS) is 15.0. The topological polar surface area (TPSA) is 57.6 Å². The number of carbonyl (C=O) groups excluding carboxylic acids is 1. The monoisotopic (exact) mass is 355 g/mol. The van der Waals surface area contributed by atoms with Crippen LogP contribution >= 0.6 is 0 Å². The maximum Gasteiger partial charge on any atom is 0.335 e. The number of hydrogen-bond acceptors (Lipinski definition) is 2. The zero-order valence-electron chi connectivity index (χ0n) is 14.5. The number of aromatic carboxylic acids is 1. The van der Waals surface area contributed by atoms with E-state index in [0.717, 1.165) is 18.4 Å². The lowest BCUT2D eigenvalue weighted by Crippen LogP contribution is -2.40. The van der Waals surface area contributed by atoms with E-state index in [2.05, 4.69) is 0 Å². The lowest BCUT2D eigenvalue weighted by molar-refractivity contribution is -0.131. The Hall–Kier alpha value is -2.69. The lowest BCUT2D eigenvalue weighted by atomic mass is 9.89. The van der Waals surface area contributed by atoms with E-state index >= 15 is 0 Å². The first-order valence-electron chi connectivity index (χ1n) is 8.87. The van der Waals surface area contributed by atoms with Crippen LogP contribution in [0.1, 0.15) is 34.3 Å². The molecule has 3 rings (SSSR count). The molecule has 0 radical (unpaired) electrons. The van der Waals surface area contributed by atoms with E-state index in [0.29, 0.717) is 31.0 Å². The summed E-state index contributed by atoms with van der Waals surface area (Å²) in [6.07, 6.45) is 2.46. The summed E-state index contributed by atoms with van der Waals surface area (Å²) in [5.74, 6) is -0.876. The summed E-state index contributed by atoms with van der Waals surface area (Å²) < 4.78 is 13.8. The predicted molar refractivity (Wildman–Crippen MR) is 96.5 cm³/mol. The van der Waals surface area contributed by atoms with Crippen molar-refractivity contribution in [2.45, 2.75) is 25.7 Å². The van der Waals surface area contributed by atoms with E-state index in [-0.39, 0.29) is 23.7 Å². The van der Waals surface area contributed by atoms with Gasteiger partial charge in [-0.25, -0.2) is 9.18 Å². The van der Waals surface area contributed by atoms with Crippen molar-refractivity contribution in [2.24, 2.45) is 5.92 Å². The largest absolute Gasteiger partial charge is 0.478 e. The first kappa shape index (κ1) is 18.1. The number of hydrogen-bond donors (Lipinski definition) is 1. The van der Waals surface area contributed by atoms with Gasteiger partial charge < -0.3 is 10.0 Å². The molecule has 1 aliphatic rings. The summed E-state index contributed by atoms with van der Waals surface area (Å²) >= 11 is 0. The standard InChI is InChI=1S/C21H22FNO3/c22-19-8-4-2-6-17(19)13-15-9-11-23(12-10-15)20(24)14-16-5-1-3-7-18(16)21(25)26/h1-8,15H,9-14H2,(H,25,26). The van der Waals surface area contributed by atoms with Crippen molar-refractivity contribution in [1.82, 2.24) is 4.90 Å². The predicted octanol–water partition coefficient (Wildman–Crippen LogP) is 3.55. The van der Waals surface area contributed by atoms with Crippen molar-refractivity contribution in [3.63, 3.8) is 0 Å². The third kappa shape index (κ3) is 4.28. The number of rotatable bonds is 5. The van der Waals surface area contributed by atoms with Crippen LogP contribution in [-0.2, 0) is 17.6 Å². The van der Waals surface area contributed by atoms with Gasteiger partial charge in [-0.05, 0) is 48.4 Å². The molecule has 0 unspecified atom stereocenters. The number of benzene rings is 2. The van der Waals surface area contributed by atoms with Crippen molar-refractivity contribution in [3.8, 4) is 0 Å². The number of amides is 1. The first-order chi connectivity index (χ1) is 12.5. The molecule has 0 aliphatic carbocycles. The van der Waals surface area contributed by atoms with Crippen molar-refractivity contribution in [3.05, 3.63) is 71.0 Å². The molecule has 1 heterocycles. The van der Waals surface area contributed by atoms with Crippen molar-refractivity contribution >= 4 is 11.9 Å². The van der Waals surface area contributed by atoms with Gasteiger partial charge in [0.05, 0.1) is 12.0 Å². The summed E-state index contributed by atoms with van der Waals surface area (Å²) in [4.78, 5) is 25.6. The molecule has 0 aromatic heterocycles. The Labute approximate surface area is 152 Å². The molecule has 2 aromatic rings. The van der Waals surface area contributed by atoms with Gasteiger partial charge in [-0.2, -0.15) is 0 Å². The average Bonchev–Trinajstić information content (AvgIpc) is 2.64. The van der Waals surface area contributed by atoms with Gasteiger partial charge in [-0.1, -0.05) is 36.4 Å². The van der Waals surface area contributed by atoms with E-state index in [1.807, 2.05) is 12.1 Å². The first-order valence-corrected chi connectivity index (χ1v) is 8.87. The highest BCUT2D eigenvalue weighted by Gasteiger charge is 2.24. The molecule has 26 heavy (non-hydrogen) atoms. The highest BCUT2D eigenvalue weighted by atomic mass is 19.1. The second kappa shape index (κ2) is 8.13.